The van der Waals surface area contributed by atoms with Crippen LogP contribution in [0.2, 0.25) is 0 Å². The molecule has 1 aromatic rings. The minimum absolute atomic E-state index is 0.419. The predicted molar refractivity (Wildman–Crippen MR) is 65.3 cm³/mol. The maximum absolute atomic E-state index is 5.72. The number of hydrogen-bond acceptors (Lipinski definition) is 3. The van der Waals surface area contributed by atoms with Crippen molar-refractivity contribution in [1.29, 1.82) is 0 Å². The van der Waals surface area contributed by atoms with E-state index in [2.05, 4.69) is 34.5 Å². The summed E-state index contributed by atoms with van der Waals surface area (Å²) < 4.78 is 2.21. The van der Waals surface area contributed by atoms with Crippen LogP contribution in [0.3, 0.4) is 0 Å². The van der Waals surface area contributed by atoms with Crippen molar-refractivity contribution in [3.05, 3.63) is 18.0 Å². The highest BCUT2D eigenvalue weighted by atomic mass is 32.2. The van der Waals surface area contributed by atoms with Gasteiger partial charge in [-0.1, -0.05) is 6.92 Å². The van der Waals surface area contributed by atoms with Gasteiger partial charge < -0.3 is 5.73 Å². The quantitative estimate of drug-likeness (QED) is 0.856. The van der Waals surface area contributed by atoms with Crippen LogP contribution in [-0.2, 0) is 0 Å². The first-order chi connectivity index (χ1) is 7.33. The Hall–Kier alpha value is -0.480. The van der Waals surface area contributed by atoms with Gasteiger partial charge in [0, 0.05) is 24.4 Å². The molecule has 2 rings (SSSR count). The van der Waals surface area contributed by atoms with Crippen LogP contribution < -0.4 is 5.73 Å². The van der Waals surface area contributed by atoms with E-state index >= 15 is 0 Å². The summed E-state index contributed by atoms with van der Waals surface area (Å²) in [5.41, 5.74) is 7.02. The third kappa shape index (κ3) is 2.37. The Labute approximate surface area is 95.4 Å². The second kappa shape index (κ2) is 5.03. The van der Waals surface area contributed by atoms with Crippen LogP contribution >= 0.6 is 11.8 Å². The highest BCUT2D eigenvalue weighted by molar-refractivity contribution is 7.99. The van der Waals surface area contributed by atoms with Crippen LogP contribution in [0.5, 0.6) is 0 Å². The van der Waals surface area contributed by atoms with E-state index < -0.39 is 0 Å². The van der Waals surface area contributed by atoms with Crippen LogP contribution in [-0.4, -0.2) is 27.8 Å². The minimum Gasteiger partial charge on any atom is -0.330 e. The first kappa shape index (κ1) is 11.0. The van der Waals surface area contributed by atoms with Crippen LogP contribution in [0.25, 0.3) is 0 Å². The monoisotopic (exact) mass is 225 g/mol. The molecular formula is C11H19N3S. The van der Waals surface area contributed by atoms with E-state index in [9.17, 15) is 0 Å². The average Bonchev–Trinajstić information content (AvgIpc) is 2.78. The first-order valence-electron chi connectivity index (χ1n) is 5.64. The number of aromatic nitrogens is 2. The summed E-state index contributed by atoms with van der Waals surface area (Å²) in [6, 6.07) is 2.71. The van der Waals surface area contributed by atoms with Gasteiger partial charge in [-0.2, -0.15) is 16.9 Å². The van der Waals surface area contributed by atoms with E-state index in [1.54, 1.807) is 0 Å². The number of nitrogens with two attached hydrogens (primary N) is 1. The van der Waals surface area contributed by atoms with Crippen LogP contribution in [0, 0.1) is 0 Å². The lowest BCUT2D eigenvalue weighted by Gasteiger charge is -2.25. The number of thioether (sulfide) groups is 1. The molecule has 1 atom stereocenters. The topological polar surface area (TPSA) is 43.8 Å². The maximum Gasteiger partial charge on any atom is 0.0538 e. The molecule has 1 saturated heterocycles. The summed E-state index contributed by atoms with van der Waals surface area (Å²) in [6.45, 7) is 2.87. The van der Waals surface area contributed by atoms with Gasteiger partial charge in [0.15, 0.2) is 0 Å². The van der Waals surface area contributed by atoms with Crippen molar-refractivity contribution < 1.29 is 0 Å². The molecular weight excluding hydrogens is 206 g/mol. The largest absolute Gasteiger partial charge is 0.330 e. The van der Waals surface area contributed by atoms with Crippen molar-refractivity contribution in [3.63, 3.8) is 0 Å². The molecule has 0 saturated carbocycles. The molecule has 1 aliphatic heterocycles. The number of hydrogen-bond donors (Lipinski definition) is 1. The van der Waals surface area contributed by atoms with Gasteiger partial charge in [0.2, 0.25) is 0 Å². The zero-order chi connectivity index (χ0) is 10.7. The van der Waals surface area contributed by atoms with Gasteiger partial charge in [-0.3, -0.25) is 4.68 Å². The molecule has 1 unspecified atom stereocenters. The van der Waals surface area contributed by atoms with Crippen molar-refractivity contribution in [2.75, 3.05) is 18.1 Å². The summed E-state index contributed by atoms with van der Waals surface area (Å²) in [5.74, 6) is 2.95. The van der Waals surface area contributed by atoms with Crippen molar-refractivity contribution in [1.82, 2.24) is 9.78 Å². The summed E-state index contributed by atoms with van der Waals surface area (Å²) in [6.07, 6.45) is 4.40. The van der Waals surface area contributed by atoms with E-state index in [4.69, 9.17) is 5.73 Å². The lowest BCUT2D eigenvalue weighted by Crippen LogP contribution is -2.21. The normalized spacial score (nSPS) is 20.4. The average molecular weight is 225 g/mol. The molecule has 84 valence electrons. The fourth-order valence-corrected chi connectivity index (χ4v) is 3.15. The number of nitrogens with zero attached hydrogens (tertiary/aromatic N) is 2. The van der Waals surface area contributed by atoms with Gasteiger partial charge in [0.05, 0.1) is 6.04 Å². The van der Waals surface area contributed by atoms with Gasteiger partial charge in [0.1, 0.15) is 0 Å². The predicted octanol–water partition coefficient (Wildman–Crippen LogP) is 2.01. The molecule has 1 aromatic heterocycles. The third-order valence-electron chi connectivity index (χ3n) is 3.10. The highest BCUT2D eigenvalue weighted by Crippen LogP contribution is 2.29. The summed E-state index contributed by atoms with van der Waals surface area (Å²) in [5, 5.41) is 4.46. The Balaban J connectivity index is 2.15. The van der Waals surface area contributed by atoms with Crippen molar-refractivity contribution in [2.24, 2.45) is 5.73 Å². The fraction of sp³-hybridized carbons (Fsp3) is 0.727. The third-order valence-corrected chi connectivity index (χ3v) is 4.14. The van der Waals surface area contributed by atoms with Gasteiger partial charge in [-0.25, -0.2) is 0 Å². The molecule has 15 heavy (non-hydrogen) atoms. The molecule has 1 aliphatic rings. The minimum atomic E-state index is 0.419. The lowest BCUT2D eigenvalue weighted by molar-refractivity contribution is 0.405. The number of rotatable bonds is 3. The van der Waals surface area contributed by atoms with E-state index in [0.717, 1.165) is 0 Å². The molecule has 4 heteroatoms. The Morgan fingerprint density at radius 1 is 1.60 bits per heavy atom. The second-order valence-corrected chi connectivity index (χ2v) is 5.41. The Morgan fingerprint density at radius 3 is 3.00 bits per heavy atom. The van der Waals surface area contributed by atoms with E-state index in [1.165, 1.54) is 30.0 Å². The summed E-state index contributed by atoms with van der Waals surface area (Å²) >= 11 is 2.05. The fourth-order valence-electron chi connectivity index (χ4n) is 2.07. The van der Waals surface area contributed by atoms with Gasteiger partial charge >= 0.3 is 0 Å². The Bertz CT molecular complexity index is 305. The molecule has 0 radical (unpaired) electrons. The molecule has 0 spiro atoms. The lowest BCUT2D eigenvalue weighted by atomic mass is 10.1. The zero-order valence-corrected chi connectivity index (χ0v) is 10.0. The molecule has 1 fully saturated rings. The van der Waals surface area contributed by atoms with Crippen molar-refractivity contribution in [3.8, 4) is 0 Å². The Kier molecular flexibility index (Phi) is 3.70. The maximum atomic E-state index is 5.72. The SMILES string of the molecule is CC(CN)c1ccnn1C1CCSCC1. The van der Waals surface area contributed by atoms with Crippen LogP contribution in [0.15, 0.2) is 12.3 Å². The first-order valence-corrected chi connectivity index (χ1v) is 6.79. The second-order valence-electron chi connectivity index (χ2n) is 4.18. The summed E-state index contributed by atoms with van der Waals surface area (Å²) in [4.78, 5) is 0. The Morgan fingerprint density at radius 2 is 2.33 bits per heavy atom. The van der Waals surface area contributed by atoms with Gasteiger partial charge in [0.25, 0.3) is 0 Å². The van der Waals surface area contributed by atoms with E-state index in [1.807, 2.05) is 6.20 Å². The van der Waals surface area contributed by atoms with Crippen LogP contribution in [0.1, 0.15) is 37.4 Å². The van der Waals surface area contributed by atoms with Gasteiger partial charge in [-0.05, 0) is 30.4 Å². The van der Waals surface area contributed by atoms with E-state index in [0.29, 0.717) is 18.5 Å². The zero-order valence-electron chi connectivity index (χ0n) is 9.22. The smallest absolute Gasteiger partial charge is 0.0538 e. The molecule has 0 amide bonds. The van der Waals surface area contributed by atoms with Crippen molar-refractivity contribution >= 4 is 11.8 Å². The molecule has 2 N–H and O–H groups in total. The standard InChI is InChI=1S/C11H19N3S/c1-9(8-12)11-2-5-13-14(11)10-3-6-15-7-4-10/h2,5,9-10H,3-4,6-8,12H2,1H3. The molecule has 2 heterocycles. The molecule has 0 aromatic carbocycles. The van der Waals surface area contributed by atoms with Gasteiger partial charge in [-0.15, -0.1) is 0 Å². The molecule has 0 aliphatic carbocycles. The van der Waals surface area contributed by atoms with Crippen molar-refractivity contribution in [2.45, 2.75) is 31.7 Å². The summed E-state index contributed by atoms with van der Waals surface area (Å²) in [7, 11) is 0. The van der Waals surface area contributed by atoms with E-state index in [-0.39, 0.29) is 0 Å². The van der Waals surface area contributed by atoms with Crippen LogP contribution in [0.4, 0.5) is 0 Å². The highest BCUT2D eigenvalue weighted by Gasteiger charge is 2.20. The molecule has 3 nitrogen and oxygen atoms in total. The molecule has 0 bridgehead atoms.